The van der Waals surface area contributed by atoms with E-state index in [0.717, 1.165) is 11.6 Å². The van der Waals surface area contributed by atoms with Crippen LogP contribution >= 0.6 is 0 Å². The van der Waals surface area contributed by atoms with Gasteiger partial charge in [0.25, 0.3) is 15.9 Å². The van der Waals surface area contributed by atoms with Crippen molar-refractivity contribution in [1.29, 1.82) is 0 Å². The minimum Gasteiger partial charge on any atom is -0.375 e. The number of hydrogen-bond acceptors (Lipinski definition) is 7. The van der Waals surface area contributed by atoms with E-state index in [1.54, 1.807) is 24.0 Å². The van der Waals surface area contributed by atoms with Gasteiger partial charge in [0.05, 0.1) is 17.1 Å². The standard InChI is InChI=1S/C20H19F3N2O6S2/c1-13-7-9-15(10-8-13)32(27,28)25-12-14-4-3-11-24(14)16-5-2-6-17(18(16)19(25)26)31-33(29,30)20(21,22)23/h2,5-10,14H,3-4,11-12H2,1H3/t14-/m1/s1. The monoisotopic (exact) mass is 504 g/mol. The molecule has 1 fully saturated rings. The lowest BCUT2D eigenvalue weighted by Gasteiger charge is -2.27. The molecular weight excluding hydrogens is 485 g/mol. The molecule has 2 aromatic rings. The molecule has 1 saturated heterocycles. The van der Waals surface area contributed by atoms with E-state index in [-0.39, 0.29) is 17.1 Å². The Labute approximate surface area is 188 Å². The van der Waals surface area contributed by atoms with Gasteiger partial charge in [-0.05, 0) is 44.0 Å². The molecule has 0 saturated carbocycles. The van der Waals surface area contributed by atoms with Crippen LogP contribution in [0.4, 0.5) is 18.9 Å². The molecular formula is C20H19F3N2O6S2. The number of sulfonamides is 1. The summed E-state index contributed by atoms with van der Waals surface area (Å²) in [4.78, 5) is 15.0. The lowest BCUT2D eigenvalue weighted by molar-refractivity contribution is -0.0500. The Hall–Kier alpha value is -2.80. The third-order valence-corrected chi connectivity index (χ3v) is 8.33. The summed E-state index contributed by atoms with van der Waals surface area (Å²) < 4.78 is 93.8. The Morgan fingerprint density at radius 3 is 2.33 bits per heavy atom. The second-order valence-electron chi connectivity index (χ2n) is 7.78. The van der Waals surface area contributed by atoms with Gasteiger partial charge >= 0.3 is 15.6 Å². The number of anilines is 1. The van der Waals surface area contributed by atoms with Crippen LogP contribution in [0, 0.1) is 6.92 Å². The number of fused-ring (bicyclic) bond motifs is 3. The van der Waals surface area contributed by atoms with Crippen LogP contribution in [0.15, 0.2) is 47.4 Å². The van der Waals surface area contributed by atoms with Crippen molar-refractivity contribution in [1.82, 2.24) is 4.31 Å². The molecule has 0 N–H and O–H groups in total. The first-order valence-electron chi connectivity index (χ1n) is 9.87. The van der Waals surface area contributed by atoms with Crippen LogP contribution in [-0.4, -0.2) is 51.7 Å². The van der Waals surface area contributed by atoms with Crippen molar-refractivity contribution in [3.05, 3.63) is 53.6 Å². The number of aryl methyl sites for hydroxylation is 1. The quantitative estimate of drug-likeness (QED) is 0.466. The molecule has 1 amide bonds. The summed E-state index contributed by atoms with van der Waals surface area (Å²) in [6, 6.07) is 8.91. The van der Waals surface area contributed by atoms with E-state index in [2.05, 4.69) is 4.18 Å². The van der Waals surface area contributed by atoms with Crippen LogP contribution in [0.2, 0.25) is 0 Å². The molecule has 4 rings (SSSR count). The topological polar surface area (TPSA) is 101 Å². The lowest BCUT2D eigenvalue weighted by Crippen LogP contribution is -2.43. The highest BCUT2D eigenvalue weighted by Crippen LogP contribution is 2.40. The molecule has 8 nitrogen and oxygen atoms in total. The number of hydrogen-bond donors (Lipinski definition) is 0. The number of benzene rings is 2. The van der Waals surface area contributed by atoms with Gasteiger partial charge in [-0.3, -0.25) is 4.79 Å². The first-order chi connectivity index (χ1) is 15.3. The summed E-state index contributed by atoms with van der Waals surface area (Å²) >= 11 is 0. The summed E-state index contributed by atoms with van der Waals surface area (Å²) in [5.74, 6) is -2.04. The average molecular weight is 505 g/mol. The van der Waals surface area contributed by atoms with Gasteiger partial charge in [-0.2, -0.15) is 21.6 Å². The van der Waals surface area contributed by atoms with Crippen LogP contribution in [0.1, 0.15) is 28.8 Å². The van der Waals surface area contributed by atoms with E-state index in [1.165, 1.54) is 24.3 Å². The van der Waals surface area contributed by atoms with Gasteiger partial charge in [0, 0.05) is 12.6 Å². The van der Waals surface area contributed by atoms with Gasteiger partial charge in [-0.1, -0.05) is 23.8 Å². The number of alkyl halides is 3. The van der Waals surface area contributed by atoms with E-state index >= 15 is 0 Å². The number of nitrogens with zero attached hydrogens (tertiary/aromatic N) is 2. The van der Waals surface area contributed by atoms with E-state index < -0.39 is 48.9 Å². The van der Waals surface area contributed by atoms with Gasteiger partial charge in [-0.25, -0.2) is 12.7 Å². The fourth-order valence-corrected chi connectivity index (χ4v) is 5.88. The van der Waals surface area contributed by atoms with E-state index in [1.807, 2.05) is 0 Å². The molecule has 0 spiro atoms. The van der Waals surface area contributed by atoms with Gasteiger partial charge < -0.3 is 9.08 Å². The maximum absolute atomic E-state index is 13.5. The molecule has 2 aliphatic rings. The Kier molecular flexibility index (Phi) is 5.60. The molecule has 0 bridgehead atoms. The number of halogens is 3. The minimum absolute atomic E-state index is 0.124. The first-order valence-corrected chi connectivity index (χ1v) is 12.7. The van der Waals surface area contributed by atoms with Crippen molar-refractivity contribution in [2.24, 2.45) is 0 Å². The van der Waals surface area contributed by atoms with Crippen LogP contribution in [0.3, 0.4) is 0 Å². The lowest BCUT2D eigenvalue weighted by atomic mass is 10.1. The highest BCUT2D eigenvalue weighted by molar-refractivity contribution is 7.89. The third kappa shape index (κ3) is 4.03. The van der Waals surface area contributed by atoms with Crippen molar-refractivity contribution in [2.75, 3.05) is 18.0 Å². The predicted molar refractivity (Wildman–Crippen MR) is 112 cm³/mol. The summed E-state index contributed by atoms with van der Waals surface area (Å²) in [5.41, 5.74) is -5.37. The fourth-order valence-electron chi connectivity index (χ4n) is 4.00. The van der Waals surface area contributed by atoms with Gasteiger partial charge in [-0.15, -0.1) is 0 Å². The van der Waals surface area contributed by atoms with Crippen LogP contribution in [0.25, 0.3) is 0 Å². The van der Waals surface area contributed by atoms with E-state index in [0.29, 0.717) is 23.7 Å². The largest absolute Gasteiger partial charge is 0.534 e. The van der Waals surface area contributed by atoms with Crippen molar-refractivity contribution in [3.8, 4) is 5.75 Å². The Bertz CT molecular complexity index is 1310. The number of carbonyl (C=O) groups excluding carboxylic acids is 1. The van der Waals surface area contributed by atoms with Gasteiger partial charge in [0.2, 0.25) is 0 Å². The molecule has 2 aromatic carbocycles. The molecule has 0 unspecified atom stereocenters. The van der Waals surface area contributed by atoms with Crippen LogP contribution in [-0.2, 0) is 20.1 Å². The van der Waals surface area contributed by atoms with E-state index in [9.17, 15) is 34.8 Å². The predicted octanol–water partition coefficient (Wildman–Crippen LogP) is 3.04. The fraction of sp³-hybridized carbons (Fsp3) is 0.350. The normalized spacial score (nSPS) is 19.2. The van der Waals surface area contributed by atoms with Crippen molar-refractivity contribution in [3.63, 3.8) is 0 Å². The highest BCUT2D eigenvalue weighted by atomic mass is 32.2. The maximum atomic E-state index is 13.5. The molecule has 0 radical (unpaired) electrons. The Balaban J connectivity index is 1.87. The van der Waals surface area contributed by atoms with Crippen molar-refractivity contribution >= 4 is 31.7 Å². The third-order valence-electron chi connectivity index (χ3n) is 5.60. The zero-order valence-electron chi connectivity index (χ0n) is 17.2. The van der Waals surface area contributed by atoms with Crippen molar-refractivity contribution < 1.29 is 39.0 Å². The number of amides is 1. The Morgan fingerprint density at radius 2 is 1.70 bits per heavy atom. The second kappa shape index (κ2) is 7.90. The number of carbonyl (C=O) groups is 1. The van der Waals surface area contributed by atoms with Gasteiger partial charge in [0.15, 0.2) is 5.75 Å². The molecule has 33 heavy (non-hydrogen) atoms. The van der Waals surface area contributed by atoms with Crippen LogP contribution in [0.5, 0.6) is 5.75 Å². The molecule has 13 heteroatoms. The molecule has 1 atom stereocenters. The molecule has 0 aromatic heterocycles. The maximum Gasteiger partial charge on any atom is 0.534 e. The minimum atomic E-state index is -6.09. The second-order valence-corrected chi connectivity index (χ2v) is 11.2. The van der Waals surface area contributed by atoms with Gasteiger partial charge in [0.1, 0.15) is 5.56 Å². The summed E-state index contributed by atoms with van der Waals surface area (Å²) in [7, 11) is -10.5. The van der Waals surface area contributed by atoms with E-state index in [4.69, 9.17) is 0 Å². The summed E-state index contributed by atoms with van der Waals surface area (Å²) in [6.07, 6.45) is 1.20. The smallest absolute Gasteiger partial charge is 0.375 e. The Morgan fingerprint density at radius 1 is 1.03 bits per heavy atom. The first kappa shape index (κ1) is 23.4. The molecule has 178 valence electrons. The average Bonchev–Trinajstić information content (AvgIpc) is 3.14. The zero-order chi connectivity index (χ0) is 24.2. The summed E-state index contributed by atoms with van der Waals surface area (Å²) in [6.45, 7) is 1.93. The summed E-state index contributed by atoms with van der Waals surface area (Å²) in [5, 5.41) is 0. The SMILES string of the molecule is Cc1ccc(S(=O)(=O)N2C[C@H]3CCCN3c3cccc(OS(=O)(=O)C(F)(F)F)c3C2=O)cc1. The molecule has 2 aliphatic heterocycles. The zero-order valence-corrected chi connectivity index (χ0v) is 18.9. The molecule has 0 aliphatic carbocycles. The highest BCUT2D eigenvalue weighted by Gasteiger charge is 2.50. The molecule has 2 heterocycles. The van der Waals surface area contributed by atoms with Crippen LogP contribution < -0.4 is 9.08 Å². The van der Waals surface area contributed by atoms with Crippen molar-refractivity contribution in [2.45, 2.75) is 36.2 Å². The number of rotatable bonds is 4.